The van der Waals surface area contributed by atoms with Crippen molar-refractivity contribution >= 4 is 17.7 Å². The second kappa shape index (κ2) is 9.73. The van der Waals surface area contributed by atoms with Crippen molar-refractivity contribution in [3.05, 3.63) is 29.8 Å². The maximum Gasteiger partial charge on any atom is 0.319 e. The molecule has 0 fully saturated rings. The number of amides is 2. The van der Waals surface area contributed by atoms with Gasteiger partial charge >= 0.3 is 12.0 Å². The topological polar surface area (TPSA) is 96.9 Å². The zero-order valence-corrected chi connectivity index (χ0v) is 11.9. The molecule has 0 heterocycles. The van der Waals surface area contributed by atoms with Gasteiger partial charge in [-0.1, -0.05) is 12.1 Å². The van der Waals surface area contributed by atoms with Gasteiger partial charge < -0.3 is 25.2 Å². The van der Waals surface area contributed by atoms with Crippen LogP contribution in [0.3, 0.4) is 0 Å². The lowest BCUT2D eigenvalue weighted by molar-refractivity contribution is -0.136. The van der Waals surface area contributed by atoms with E-state index in [-0.39, 0.29) is 12.5 Å². The van der Waals surface area contributed by atoms with Gasteiger partial charge in [-0.25, -0.2) is 4.79 Å². The van der Waals surface area contributed by atoms with Gasteiger partial charge in [-0.05, 0) is 17.7 Å². The fourth-order valence-corrected chi connectivity index (χ4v) is 1.59. The summed E-state index contributed by atoms with van der Waals surface area (Å²) in [7, 11) is 1.59. The van der Waals surface area contributed by atoms with Crippen molar-refractivity contribution in [3.63, 3.8) is 0 Å². The van der Waals surface area contributed by atoms with Crippen molar-refractivity contribution in [1.29, 1.82) is 0 Å². The van der Waals surface area contributed by atoms with E-state index in [9.17, 15) is 9.59 Å². The molecule has 1 aromatic carbocycles. The minimum Gasteiger partial charge on any atom is -0.481 e. The Morgan fingerprint density at radius 3 is 2.76 bits per heavy atom. The number of ether oxygens (including phenoxy) is 2. The summed E-state index contributed by atoms with van der Waals surface area (Å²) in [6, 6.07) is 6.35. The number of benzene rings is 1. The summed E-state index contributed by atoms with van der Waals surface area (Å²) in [5.41, 5.74) is 1.18. The van der Waals surface area contributed by atoms with E-state index in [0.29, 0.717) is 37.6 Å². The summed E-state index contributed by atoms with van der Waals surface area (Å²) in [6.45, 7) is 1.78. The van der Waals surface area contributed by atoms with E-state index >= 15 is 0 Å². The summed E-state index contributed by atoms with van der Waals surface area (Å²) in [4.78, 5) is 22.2. The first kappa shape index (κ1) is 16.9. The largest absolute Gasteiger partial charge is 0.481 e. The number of nitrogens with one attached hydrogen (secondary N) is 2. The SMILES string of the molecule is COCCOCCNC(=O)Nc1cccc(CC(=O)O)c1. The van der Waals surface area contributed by atoms with E-state index < -0.39 is 5.97 Å². The van der Waals surface area contributed by atoms with Crippen LogP contribution in [0, 0.1) is 0 Å². The van der Waals surface area contributed by atoms with Crippen LogP contribution in [0.25, 0.3) is 0 Å². The van der Waals surface area contributed by atoms with Gasteiger partial charge in [0.2, 0.25) is 0 Å². The number of urea groups is 1. The fourth-order valence-electron chi connectivity index (χ4n) is 1.59. The first-order valence-electron chi connectivity index (χ1n) is 6.54. The third-order valence-electron chi connectivity index (χ3n) is 2.50. The van der Waals surface area contributed by atoms with Gasteiger partial charge in [-0.2, -0.15) is 0 Å². The average Bonchev–Trinajstić information content (AvgIpc) is 2.42. The Morgan fingerprint density at radius 2 is 2.05 bits per heavy atom. The lowest BCUT2D eigenvalue weighted by atomic mass is 10.1. The van der Waals surface area contributed by atoms with Crippen LogP contribution >= 0.6 is 0 Å². The van der Waals surface area contributed by atoms with Crippen LogP contribution in [0.2, 0.25) is 0 Å². The molecule has 0 aliphatic rings. The van der Waals surface area contributed by atoms with Gasteiger partial charge in [0.1, 0.15) is 0 Å². The first-order chi connectivity index (χ1) is 10.1. The van der Waals surface area contributed by atoms with E-state index in [4.69, 9.17) is 14.6 Å². The van der Waals surface area contributed by atoms with Crippen LogP contribution in [0.15, 0.2) is 24.3 Å². The molecule has 0 aliphatic heterocycles. The Morgan fingerprint density at radius 1 is 1.24 bits per heavy atom. The first-order valence-corrected chi connectivity index (χ1v) is 6.54. The second-order valence-corrected chi connectivity index (χ2v) is 4.26. The van der Waals surface area contributed by atoms with E-state index in [0.717, 1.165) is 0 Å². The Kier molecular flexibility index (Phi) is 7.85. The predicted molar refractivity (Wildman–Crippen MR) is 77.5 cm³/mol. The number of carbonyl (C=O) groups is 2. The number of methoxy groups -OCH3 is 1. The summed E-state index contributed by atoms with van der Waals surface area (Å²) < 4.78 is 10.0. The van der Waals surface area contributed by atoms with Crippen molar-refractivity contribution in [2.75, 3.05) is 38.8 Å². The normalized spacial score (nSPS) is 10.1. The Bertz CT molecular complexity index is 464. The van der Waals surface area contributed by atoms with E-state index in [1.807, 2.05) is 0 Å². The summed E-state index contributed by atoms with van der Waals surface area (Å²) >= 11 is 0. The van der Waals surface area contributed by atoms with Crippen LogP contribution in [0.4, 0.5) is 10.5 Å². The third-order valence-corrected chi connectivity index (χ3v) is 2.50. The lowest BCUT2D eigenvalue weighted by Crippen LogP contribution is -2.31. The van der Waals surface area contributed by atoms with Crippen molar-refractivity contribution in [3.8, 4) is 0 Å². The Hall–Kier alpha value is -2.12. The van der Waals surface area contributed by atoms with E-state index in [2.05, 4.69) is 10.6 Å². The highest BCUT2D eigenvalue weighted by Crippen LogP contribution is 2.11. The second-order valence-electron chi connectivity index (χ2n) is 4.26. The minimum absolute atomic E-state index is 0.0789. The van der Waals surface area contributed by atoms with Gasteiger partial charge in [0.15, 0.2) is 0 Å². The molecule has 1 rings (SSSR count). The molecule has 0 bridgehead atoms. The maximum absolute atomic E-state index is 11.6. The molecule has 3 N–H and O–H groups in total. The van der Waals surface area contributed by atoms with Crippen molar-refractivity contribution in [2.45, 2.75) is 6.42 Å². The highest BCUT2D eigenvalue weighted by molar-refractivity contribution is 5.89. The monoisotopic (exact) mass is 296 g/mol. The molecule has 0 aromatic heterocycles. The average molecular weight is 296 g/mol. The molecule has 0 atom stereocenters. The quantitative estimate of drug-likeness (QED) is 0.593. The number of aliphatic carboxylic acids is 1. The summed E-state index contributed by atoms with van der Waals surface area (Å²) in [6.07, 6.45) is -0.0789. The highest BCUT2D eigenvalue weighted by atomic mass is 16.5. The molecule has 7 nitrogen and oxygen atoms in total. The minimum atomic E-state index is -0.912. The molecule has 0 spiro atoms. The van der Waals surface area contributed by atoms with E-state index in [1.165, 1.54) is 0 Å². The third kappa shape index (κ3) is 7.91. The van der Waals surface area contributed by atoms with Crippen LogP contribution in [-0.2, 0) is 20.7 Å². The van der Waals surface area contributed by atoms with Crippen molar-refractivity contribution in [1.82, 2.24) is 5.32 Å². The molecule has 0 saturated carbocycles. The van der Waals surface area contributed by atoms with Crippen LogP contribution in [0.1, 0.15) is 5.56 Å². The van der Waals surface area contributed by atoms with Gasteiger partial charge in [-0.3, -0.25) is 4.79 Å². The lowest BCUT2D eigenvalue weighted by Gasteiger charge is -2.09. The molecule has 1 aromatic rings. The molecular formula is C14H20N2O5. The number of carbonyl (C=O) groups excluding carboxylic acids is 1. The van der Waals surface area contributed by atoms with Crippen molar-refractivity contribution in [2.24, 2.45) is 0 Å². The molecule has 0 saturated heterocycles. The molecule has 0 unspecified atom stereocenters. The number of rotatable bonds is 9. The molecule has 0 aliphatic carbocycles. The Balaban J connectivity index is 2.29. The van der Waals surface area contributed by atoms with Crippen LogP contribution in [-0.4, -0.2) is 50.6 Å². The van der Waals surface area contributed by atoms with Crippen LogP contribution < -0.4 is 10.6 Å². The summed E-state index contributed by atoms with van der Waals surface area (Å²) in [5, 5.41) is 14.0. The van der Waals surface area contributed by atoms with Crippen LogP contribution in [0.5, 0.6) is 0 Å². The Labute approximate surface area is 123 Å². The predicted octanol–water partition coefficient (Wildman–Crippen LogP) is 1.10. The fraction of sp³-hybridized carbons (Fsp3) is 0.429. The number of carboxylic acids is 1. The summed E-state index contributed by atoms with van der Waals surface area (Å²) in [5.74, 6) is -0.912. The van der Waals surface area contributed by atoms with Gasteiger partial charge in [0, 0.05) is 19.3 Å². The van der Waals surface area contributed by atoms with Gasteiger partial charge in [0.25, 0.3) is 0 Å². The number of hydrogen-bond donors (Lipinski definition) is 3. The molecule has 7 heteroatoms. The van der Waals surface area contributed by atoms with Crippen molar-refractivity contribution < 1.29 is 24.2 Å². The molecular weight excluding hydrogens is 276 g/mol. The zero-order chi connectivity index (χ0) is 15.5. The van der Waals surface area contributed by atoms with E-state index in [1.54, 1.807) is 31.4 Å². The zero-order valence-electron chi connectivity index (χ0n) is 11.9. The molecule has 2 amide bonds. The highest BCUT2D eigenvalue weighted by Gasteiger charge is 2.04. The smallest absolute Gasteiger partial charge is 0.319 e. The maximum atomic E-state index is 11.6. The molecule has 116 valence electrons. The molecule has 21 heavy (non-hydrogen) atoms. The molecule has 0 radical (unpaired) electrons. The number of anilines is 1. The van der Waals surface area contributed by atoms with Gasteiger partial charge in [0.05, 0.1) is 26.2 Å². The number of hydrogen-bond acceptors (Lipinski definition) is 4. The van der Waals surface area contributed by atoms with Gasteiger partial charge in [-0.15, -0.1) is 0 Å². The number of carboxylic acid groups (broad SMARTS) is 1. The standard InChI is InChI=1S/C14H20N2O5/c1-20-7-8-21-6-5-15-14(19)16-12-4-2-3-11(9-12)10-13(17)18/h2-4,9H,5-8,10H2,1H3,(H,17,18)(H2,15,16,19).